The van der Waals surface area contributed by atoms with Gasteiger partial charge in [-0.15, -0.1) is 11.3 Å². The Morgan fingerprint density at radius 2 is 1.90 bits per heavy atom. The molecule has 4 nitrogen and oxygen atoms in total. The Labute approximate surface area is 127 Å². The summed E-state index contributed by atoms with van der Waals surface area (Å²) in [6.45, 7) is 13.5. The highest BCUT2D eigenvalue weighted by molar-refractivity contribution is 7.09. The highest BCUT2D eigenvalue weighted by atomic mass is 32.1. The summed E-state index contributed by atoms with van der Waals surface area (Å²) < 4.78 is 0. The minimum atomic E-state index is 0.919. The molecule has 114 valence electrons. The molecule has 1 aliphatic rings. The van der Waals surface area contributed by atoms with E-state index in [0.29, 0.717) is 0 Å². The fourth-order valence-corrected chi connectivity index (χ4v) is 3.35. The number of nitrogens with one attached hydrogen (secondary N) is 1. The van der Waals surface area contributed by atoms with Crippen molar-refractivity contribution in [3.8, 4) is 0 Å². The van der Waals surface area contributed by atoms with Crippen molar-refractivity contribution in [3.63, 3.8) is 0 Å². The average molecular weight is 296 g/mol. The zero-order valence-electron chi connectivity index (χ0n) is 12.9. The van der Waals surface area contributed by atoms with Crippen LogP contribution in [0, 0.1) is 0 Å². The van der Waals surface area contributed by atoms with Gasteiger partial charge in [0.25, 0.3) is 0 Å². The van der Waals surface area contributed by atoms with Crippen molar-refractivity contribution in [3.05, 3.63) is 16.1 Å². The second kappa shape index (κ2) is 8.72. The first-order valence-electron chi connectivity index (χ1n) is 7.90. The summed E-state index contributed by atoms with van der Waals surface area (Å²) in [4.78, 5) is 9.83. The average Bonchev–Trinajstić information content (AvgIpc) is 2.89. The summed E-state index contributed by atoms with van der Waals surface area (Å²) >= 11 is 1.79. The molecule has 2 heterocycles. The second-order valence-corrected chi connectivity index (χ2v) is 6.47. The molecule has 20 heavy (non-hydrogen) atoms. The zero-order chi connectivity index (χ0) is 14.2. The van der Waals surface area contributed by atoms with Crippen LogP contribution in [0.4, 0.5) is 0 Å². The van der Waals surface area contributed by atoms with Crippen LogP contribution in [0.1, 0.15) is 37.4 Å². The maximum absolute atomic E-state index is 4.73. The maximum Gasteiger partial charge on any atom is 0.107 e. The maximum atomic E-state index is 4.73. The van der Waals surface area contributed by atoms with Crippen LogP contribution in [0.15, 0.2) is 5.38 Å². The van der Waals surface area contributed by atoms with Gasteiger partial charge in [0.1, 0.15) is 5.01 Å². The van der Waals surface area contributed by atoms with E-state index in [4.69, 9.17) is 4.98 Å². The normalized spacial score (nSPS) is 17.7. The van der Waals surface area contributed by atoms with Gasteiger partial charge in [-0.05, 0) is 25.9 Å². The molecule has 0 bridgehead atoms. The van der Waals surface area contributed by atoms with E-state index in [0.717, 1.165) is 19.6 Å². The van der Waals surface area contributed by atoms with Gasteiger partial charge in [-0.1, -0.05) is 13.8 Å². The van der Waals surface area contributed by atoms with Gasteiger partial charge in [-0.2, -0.15) is 0 Å². The molecule has 0 spiro atoms. The molecule has 0 radical (unpaired) electrons. The van der Waals surface area contributed by atoms with Crippen molar-refractivity contribution in [2.75, 3.05) is 39.3 Å². The Morgan fingerprint density at radius 1 is 1.15 bits per heavy atom. The van der Waals surface area contributed by atoms with Gasteiger partial charge in [0.05, 0.1) is 5.69 Å². The SMILES string of the molecule is CCCNCc1nc(CN2CCN(CCC)CC2)cs1. The van der Waals surface area contributed by atoms with Crippen LogP contribution in [0.3, 0.4) is 0 Å². The Morgan fingerprint density at radius 3 is 2.60 bits per heavy atom. The monoisotopic (exact) mass is 296 g/mol. The first-order valence-corrected chi connectivity index (χ1v) is 8.78. The molecule has 1 aromatic heterocycles. The summed E-state index contributed by atoms with van der Waals surface area (Å²) in [5, 5.41) is 6.86. The molecule has 0 atom stereocenters. The summed E-state index contributed by atoms with van der Waals surface area (Å²) in [6.07, 6.45) is 2.44. The second-order valence-electron chi connectivity index (χ2n) is 5.53. The van der Waals surface area contributed by atoms with Gasteiger partial charge in [0, 0.05) is 44.6 Å². The Balaban J connectivity index is 1.71. The van der Waals surface area contributed by atoms with Crippen LogP contribution >= 0.6 is 11.3 Å². The van der Waals surface area contributed by atoms with Gasteiger partial charge in [0.2, 0.25) is 0 Å². The molecular formula is C15H28N4S. The van der Waals surface area contributed by atoms with Gasteiger partial charge < -0.3 is 10.2 Å². The summed E-state index contributed by atoms with van der Waals surface area (Å²) in [5.41, 5.74) is 1.24. The predicted molar refractivity (Wildman–Crippen MR) is 86.1 cm³/mol. The van der Waals surface area contributed by atoms with Crippen molar-refractivity contribution in [1.29, 1.82) is 0 Å². The molecule has 0 unspecified atom stereocenters. The standard InChI is InChI=1S/C15H28N4S/c1-3-5-16-11-15-17-14(13-20-15)12-19-9-7-18(6-4-2)8-10-19/h13,16H,3-12H2,1-2H3. The number of rotatable bonds is 8. The fraction of sp³-hybridized carbons (Fsp3) is 0.800. The van der Waals surface area contributed by atoms with Crippen LogP contribution in [0.5, 0.6) is 0 Å². The molecule has 1 fully saturated rings. The van der Waals surface area contributed by atoms with Gasteiger partial charge >= 0.3 is 0 Å². The highest BCUT2D eigenvalue weighted by Crippen LogP contribution is 2.13. The lowest BCUT2D eigenvalue weighted by molar-refractivity contribution is 0.126. The third-order valence-electron chi connectivity index (χ3n) is 3.69. The van der Waals surface area contributed by atoms with Crippen LogP contribution in [0.25, 0.3) is 0 Å². The van der Waals surface area contributed by atoms with Crippen molar-refractivity contribution in [1.82, 2.24) is 20.1 Å². The van der Waals surface area contributed by atoms with Crippen LogP contribution in [-0.2, 0) is 13.1 Å². The van der Waals surface area contributed by atoms with Crippen LogP contribution in [-0.4, -0.2) is 54.1 Å². The van der Waals surface area contributed by atoms with E-state index in [9.17, 15) is 0 Å². The van der Waals surface area contributed by atoms with E-state index in [2.05, 4.69) is 34.3 Å². The van der Waals surface area contributed by atoms with E-state index in [1.165, 1.54) is 56.3 Å². The third kappa shape index (κ3) is 5.13. The van der Waals surface area contributed by atoms with Crippen LogP contribution in [0.2, 0.25) is 0 Å². The molecule has 1 saturated heterocycles. The fourth-order valence-electron chi connectivity index (χ4n) is 2.59. The molecule has 0 saturated carbocycles. The summed E-state index contributed by atoms with van der Waals surface area (Å²) in [6, 6.07) is 0. The molecule has 2 rings (SSSR count). The molecule has 1 aromatic rings. The van der Waals surface area contributed by atoms with Crippen molar-refractivity contribution in [2.24, 2.45) is 0 Å². The minimum absolute atomic E-state index is 0.919. The van der Waals surface area contributed by atoms with E-state index >= 15 is 0 Å². The van der Waals surface area contributed by atoms with Gasteiger partial charge in [-0.25, -0.2) is 4.98 Å². The van der Waals surface area contributed by atoms with Crippen LogP contribution < -0.4 is 5.32 Å². The van der Waals surface area contributed by atoms with E-state index in [1.54, 1.807) is 11.3 Å². The van der Waals surface area contributed by atoms with Crippen molar-refractivity contribution in [2.45, 2.75) is 39.8 Å². The predicted octanol–water partition coefficient (Wildman–Crippen LogP) is 2.17. The quantitative estimate of drug-likeness (QED) is 0.745. The molecule has 0 aromatic carbocycles. The smallest absolute Gasteiger partial charge is 0.107 e. The largest absolute Gasteiger partial charge is 0.310 e. The molecular weight excluding hydrogens is 268 g/mol. The third-order valence-corrected chi connectivity index (χ3v) is 4.59. The van der Waals surface area contributed by atoms with Crippen molar-refractivity contribution < 1.29 is 0 Å². The molecule has 1 N–H and O–H groups in total. The molecule has 5 heteroatoms. The molecule has 0 aliphatic carbocycles. The minimum Gasteiger partial charge on any atom is -0.310 e. The lowest BCUT2D eigenvalue weighted by Gasteiger charge is -2.34. The number of piperazine rings is 1. The Bertz CT molecular complexity index is 372. The Hall–Kier alpha value is -0.490. The number of hydrogen-bond acceptors (Lipinski definition) is 5. The summed E-state index contributed by atoms with van der Waals surface area (Å²) in [5.74, 6) is 0. The van der Waals surface area contributed by atoms with Crippen molar-refractivity contribution >= 4 is 11.3 Å². The number of aromatic nitrogens is 1. The topological polar surface area (TPSA) is 31.4 Å². The van der Waals surface area contributed by atoms with Gasteiger partial charge in [0.15, 0.2) is 0 Å². The Kier molecular flexibility index (Phi) is 6.93. The molecule has 0 amide bonds. The molecule has 1 aliphatic heterocycles. The van der Waals surface area contributed by atoms with E-state index < -0.39 is 0 Å². The number of thiazole rings is 1. The van der Waals surface area contributed by atoms with E-state index in [-0.39, 0.29) is 0 Å². The summed E-state index contributed by atoms with van der Waals surface area (Å²) in [7, 11) is 0. The highest BCUT2D eigenvalue weighted by Gasteiger charge is 2.16. The zero-order valence-corrected chi connectivity index (χ0v) is 13.7. The first-order chi connectivity index (χ1) is 9.81. The first kappa shape index (κ1) is 15.9. The van der Waals surface area contributed by atoms with Gasteiger partial charge in [-0.3, -0.25) is 4.90 Å². The lowest BCUT2D eigenvalue weighted by Crippen LogP contribution is -2.46. The lowest BCUT2D eigenvalue weighted by atomic mass is 10.3. The van der Waals surface area contributed by atoms with E-state index in [1.807, 2.05) is 0 Å². The number of nitrogens with zero attached hydrogens (tertiary/aromatic N) is 3. The number of hydrogen-bond donors (Lipinski definition) is 1.